The standard InChI is InChI=1S/C16H21N3O/c1-15(2)11-7-8-16(15,3)13(10-11)18-19-14(20)12-6-4-5-9-17-12/h4-6,9,11H,7-8,10H2,1-3H3,(H,19,20)/b18-13-/t11-,16+/m0/s1. The molecule has 1 heterocycles. The van der Waals surface area contributed by atoms with E-state index >= 15 is 0 Å². The van der Waals surface area contributed by atoms with E-state index in [0.29, 0.717) is 11.6 Å². The fraction of sp³-hybridized carbons (Fsp3) is 0.562. The quantitative estimate of drug-likeness (QED) is 0.841. The van der Waals surface area contributed by atoms with Gasteiger partial charge in [-0.3, -0.25) is 9.78 Å². The molecule has 2 atom stereocenters. The van der Waals surface area contributed by atoms with Crippen LogP contribution in [0.15, 0.2) is 29.5 Å². The third kappa shape index (κ3) is 1.78. The highest BCUT2D eigenvalue weighted by Crippen LogP contribution is 2.63. The molecule has 2 bridgehead atoms. The van der Waals surface area contributed by atoms with E-state index in [4.69, 9.17) is 0 Å². The van der Waals surface area contributed by atoms with Gasteiger partial charge in [-0.2, -0.15) is 5.10 Å². The van der Waals surface area contributed by atoms with Crippen molar-refractivity contribution in [1.82, 2.24) is 10.4 Å². The van der Waals surface area contributed by atoms with Crippen molar-refractivity contribution in [1.29, 1.82) is 0 Å². The van der Waals surface area contributed by atoms with Gasteiger partial charge < -0.3 is 0 Å². The lowest BCUT2D eigenvalue weighted by atomic mass is 9.70. The third-order valence-corrected chi connectivity index (χ3v) is 5.70. The van der Waals surface area contributed by atoms with Crippen LogP contribution in [0.25, 0.3) is 0 Å². The van der Waals surface area contributed by atoms with Crippen LogP contribution in [0.4, 0.5) is 0 Å². The molecule has 2 saturated carbocycles. The van der Waals surface area contributed by atoms with E-state index < -0.39 is 0 Å². The Balaban J connectivity index is 1.77. The number of hydrogen-bond donors (Lipinski definition) is 1. The molecule has 0 spiro atoms. The number of nitrogens with one attached hydrogen (secondary N) is 1. The molecule has 2 aliphatic carbocycles. The molecule has 0 saturated heterocycles. The van der Waals surface area contributed by atoms with E-state index in [1.54, 1.807) is 24.4 Å². The minimum absolute atomic E-state index is 0.120. The third-order valence-electron chi connectivity index (χ3n) is 5.70. The van der Waals surface area contributed by atoms with Crippen LogP contribution in [0.2, 0.25) is 0 Å². The maximum atomic E-state index is 12.0. The molecule has 2 fully saturated rings. The van der Waals surface area contributed by atoms with Gasteiger partial charge in [0.05, 0.1) is 0 Å². The number of carbonyl (C=O) groups is 1. The Hall–Kier alpha value is -1.71. The summed E-state index contributed by atoms with van der Waals surface area (Å²) in [4.78, 5) is 16.0. The normalized spacial score (nSPS) is 32.5. The lowest BCUT2D eigenvalue weighted by molar-refractivity contribution is 0.0949. The summed E-state index contributed by atoms with van der Waals surface area (Å²) in [7, 11) is 0. The lowest BCUT2D eigenvalue weighted by Crippen LogP contribution is -2.34. The van der Waals surface area contributed by atoms with Gasteiger partial charge in [0, 0.05) is 17.3 Å². The Bertz CT molecular complexity index is 564. The zero-order valence-electron chi connectivity index (χ0n) is 12.3. The summed E-state index contributed by atoms with van der Waals surface area (Å²) in [5, 5.41) is 4.43. The van der Waals surface area contributed by atoms with Gasteiger partial charge in [-0.25, -0.2) is 5.43 Å². The van der Waals surface area contributed by atoms with Crippen molar-refractivity contribution in [3.05, 3.63) is 30.1 Å². The molecule has 2 aliphatic rings. The average Bonchev–Trinajstić information content (AvgIpc) is 2.78. The molecule has 106 valence electrons. The summed E-state index contributed by atoms with van der Waals surface area (Å²) in [6.45, 7) is 6.94. The number of pyridine rings is 1. The molecule has 3 rings (SSSR count). The van der Waals surface area contributed by atoms with Crippen LogP contribution >= 0.6 is 0 Å². The van der Waals surface area contributed by atoms with Crippen molar-refractivity contribution >= 4 is 11.6 Å². The van der Waals surface area contributed by atoms with E-state index in [1.807, 2.05) is 0 Å². The molecule has 20 heavy (non-hydrogen) atoms. The highest BCUT2D eigenvalue weighted by Gasteiger charge is 2.59. The lowest BCUT2D eigenvalue weighted by Gasteiger charge is -2.34. The van der Waals surface area contributed by atoms with Crippen LogP contribution in [0, 0.1) is 16.7 Å². The van der Waals surface area contributed by atoms with Crippen LogP contribution in [-0.2, 0) is 0 Å². The molecule has 4 nitrogen and oxygen atoms in total. The summed E-state index contributed by atoms with van der Waals surface area (Å²) < 4.78 is 0. The summed E-state index contributed by atoms with van der Waals surface area (Å²) >= 11 is 0. The maximum absolute atomic E-state index is 12.0. The van der Waals surface area contributed by atoms with Crippen LogP contribution in [0.5, 0.6) is 0 Å². The van der Waals surface area contributed by atoms with E-state index in [-0.39, 0.29) is 16.7 Å². The highest BCUT2D eigenvalue weighted by atomic mass is 16.2. The first kappa shape index (κ1) is 13.3. The molecule has 0 aromatic carbocycles. The second kappa shape index (κ2) is 4.40. The molecule has 0 radical (unpaired) electrons. The topological polar surface area (TPSA) is 54.4 Å². The molecule has 4 heteroatoms. The van der Waals surface area contributed by atoms with E-state index in [0.717, 1.165) is 12.1 Å². The van der Waals surface area contributed by atoms with E-state index in [2.05, 4.69) is 36.3 Å². The van der Waals surface area contributed by atoms with Crippen molar-refractivity contribution in [2.75, 3.05) is 0 Å². The first-order chi connectivity index (χ1) is 9.45. The smallest absolute Gasteiger partial charge is 0.266 e. The van der Waals surface area contributed by atoms with Gasteiger partial charge in [-0.05, 0) is 42.7 Å². The maximum Gasteiger partial charge on any atom is 0.289 e. The predicted octanol–water partition coefficient (Wildman–Crippen LogP) is 3.01. The van der Waals surface area contributed by atoms with Crippen molar-refractivity contribution in [3.8, 4) is 0 Å². The summed E-state index contributed by atoms with van der Waals surface area (Å²) in [5.74, 6) is 0.459. The van der Waals surface area contributed by atoms with Gasteiger partial charge in [-0.15, -0.1) is 0 Å². The number of nitrogens with zero attached hydrogens (tertiary/aromatic N) is 2. The second-order valence-corrected chi connectivity index (χ2v) is 6.71. The Morgan fingerprint density at radius 1 is 1.40 bits per heavy atom. The van der Waals surface area contributed by atoms with Crippen LogP contribution in [0.1, 0.15) is 50.5 Å². The number of hydrazone groups is 1. The molecule has 1 aromatic heterocycles. The number of rotatable bonds is 2. The Kier molecular flexibility index (Phi) is 2.92. The monoisotopic (exact) mass is 271 g/mol. The number of hydrogen-bond acceptors (Lipinski definition) is 3. The molecular formula is C16H21N3O. The minimum Gasteiger partial charge on any atom is -0.266 e. The van der Waals surface area contributed by atoms with Crippen molar-refractivity contribution in [2.24, 2.45) is 21.8 Å². The number of aromatic nitrogens is 1. The van der Waals surface area contributed by atoms with Gasteiger partial charge in [0.15, 0.2) is 0 Å². The largest absolute Gasteiger partial charge is 0.289 e. The number of fused-ring (bicyclic) bond motifs is 2. The second-order valence-electron chi connectivity index (χ2n) is 6.71. The Labute approximate surface area is 119 Å². The first-order valence-electron chi connectivity index (χ1n) is 7.23. The Morgan fingerprint density at radius 3 is 2.75 bits per heavy atom. The number of carbonyl (C=O) groups excluding carboxylic acids is 1. The SMILES string of the molecule is CC1(C)[C@H]2CC[C@]1(C)/C(=N\NC(=O)c1ccccn1)C2. The molecule has 1 N–H and O–H groups in total. The van der Waals surface area contributed by atoms with Gasteiger partial charge >= 0.3 is 0 Å². The molecule has 1 aromatic rings. The van der Waals surface area contributed by atoms with E-state index in [9.17, 15) is 4.79 Å². The summed E-state index contributed by atoms with van der Waals surface area (Å²) in [6, 6.07) is 5.29. The van der Waals surface area contributed by atoms with Crippen LogP contribution < -0.4 is 5.43 Å². The van der Waals surface area contributed by atoms with Gasteiger partial charge in [-0.1, -0.05) is 26.8 Å². The van der Waals surface area contributed by atoms with Gasteiger partial charge in [0.2, 0.25) is 0 Å². The van der Waals surface area contributed by atoms with Gasteiger partial charge in [0.1, 0.15) is 5.69 Å². The fourth-order valence-electron chi connectivity index (χ4n) is 3.77. The first-order valence-corrected chi connectivity index (χ1v) is 7.23. The Morgan fingerprint density at radius 2 is 2.20 bits per heavy atom. The van der Waals surface area contributed by atoms with Crippen LogP contribution in [0.3, 0.4) is 0 Å². The zero-order chi connectivity index (χ0) is 14.4. The summed E-state index contributed by atoms with van der Waals surface area (Å²) in [5.41, 5.74) is 4.62. The number of amides is 1. The molecule has 1 amide bonds. The zero-order valence-corrected chi connectivity index (χ0v) is 12.3. The van der Waals surface area contributed by atoms with Crippen molar-refractivity contribution in [2.45, 2.75) is 40.0 Å². The van der Waals surface area contributed by atoms with Gasteiger partial charge in [0.25, 0.3) is 5.91 Å². The summed E-state index contributed by atoms with van der Waals surface area (Å²) in [6.07, 6.45) is 5.07. The predicted molar refractivity (Wildman–Crippen MR) is 78.4 cm³/mol. The highest BCUT2D eigenvalue weighted by molar-refractivity contribution is 5.97. The van der Waals surface area contributed by atoms with E-state index in [1.165, 1.54) is 12.8 Å². The van der Waals surface area contributed by atoms with Crippen molar-refractivity contribution in [3.63, 3.8) is 0 Å². The minimum atomic E-state index is -0.234. The molecule has 0 aliphatic heterocycles. The molecular weight excluding hydrogens is 250 g/mol. The van der Waals surface area contributed by atoms with Crippen molar-refractivity contribution < 1.29 is 4.79 Å². The molecule has 0 unspecified atom stereocenters. The fourth-order valence-corrected chi connectivity index (χ4v) is 3.77. The average molecular weight is 271 g/mol. The van der Waals surface area contributed by atoms with Crippen LogP contribution in [-0.4, -0.2) is 16.6 Å².